The number of piperidine rings is 1. The van der Waals surface area contributed by atoms with Gasteiger partial charge in [0, 0.05) is 31.0 Å². The lowest BCUT2D eigenvalue weighted by atomic mass is 9.77. The fourth-order valence-corrected chi connectivity index (χ4v) is 4.72. The maximum Gasteiger partial charge on any atom is 0.202 e. The van der Waals surface area contributed by atoms with Gasteiger partial charge in [-0.1, -0.05) is 12.8 Å². The molecular formula is C20H24N6. The van der Waals surface area contributed by atoms with E-state index in [1.165, 1.54) is 38.5 Å². The van der Waals surface area contributed by atoms with Gasteiger partial charge in [-0.3, -0.25) is 10.1 Å². The number of nitrogens with one attached hydrogen (secondary N) is 1. The van der Waals surface area contributed by atoms with Crippen LogP contribution >= 0.6 is 0 Å². The largest absolute Gasteiger partial charge is 0.355 e. The maximum absolute atomic E-state index is 4.80. The maximum atomic E-state index is 4.80. The van der Waals surface area contributed by atoms with Crippen LogP contribution in [0.5, 0.6) is 0 Å². The van der Waals surface area contributed by atoms with Crippen LogP contribution in [0.1, 0.15) is 44.1 Å². The summed E-state index contributed by atoms with van der Waals surface area (Å²) in [4.78, 5) is 16.0. The number of rotatable bonds is 2. The minimum Gasteiger partial charge on any atom is -0.355 e. The molecule has 3 aromatic rings. The summed E-state index contributed by atoms with van der Waals surface area (Å²) >= 11 is 0. The van der Waals surface area contributed by atoms with Crippen molar-refractivity contribution in [3.63, 3.8) is 0 Å². The zero-order valence-corrected chi connectivity index (χ0v) is 15.2. The van der Waals surface area contributed by atoms with Crippen molar-refractivity contribution in [3.05, 3.63) is 30.2 Å². The van der Waals surface area contributed by atoms with Gasteiger partial charge in [-0.05, 0) is 49.7 Å². The van der Waals surface area contributed by atoms with E-state index in [9.17, 15) is 0 Å². The number of nitrogens with zero attached hydrogens (tertiary/aromatic N) is 5. The minimum absolute atomic E-state index is 0.617. The highest BCUT2D eigenvalue weighted by atomic mass is 15.2. The quantitative estimate of drug-likeness (QED) is 0.761. The van der Waals surface area contributed by atoms with Crippen LogP contribution in [-0.2, 0) is 0 Å². The Kier molecular flexibility index (Phi) is 3.65. The molecule has 0 amide bonds. The number of pyridine rings is 1. The van der Waals surface area contributed by atoms with E-state index in [2.05, 4.69) is 20.1 Å². The van der Waals surface area contributed by atoms with E-state index in [1.807, 2.05) is 25.4 Å². The van der Waals surface area contributed by atoms with E-state index in [-0.39, 0.29) is 0 Å². The van der Waals surface area contributed by atoms with Gasteiger partial charge in [-0.15, -0.1) is 0 Å². The summed E-state index contributed by atoms with van der Waals surface area (Å²) in [5, 5.41) is 7.54. The van der Waals surface area contributed by atoms with Crippen molar-refractivity contribution >= 4 is 17.0 Å². The molecule has 26 heavy (non-hydrogen) atoms. The summed E-state index contributed by atoms with van der Waals surface area (Å²) in [6.45, 7) is 4.21. The van der Waals surface area contributed by atoms with Crippen LogP contribution in [0.4, 0.5) is 5.82 Å². The molecule has 1 saturated heterocycles. The number of hydrogen-bond donors (Lipinski definition) is 1. The molecule has 0 radical (unpaired) electrons. The van der Waals surface area contributed by atoms with E-state index in [0.717, 1.165) is 41.2 Å². The van der Waals surface area contributed by atoms with E-state index < -0.39 is 0 Å². The summed E-state index contributed by atoms with van der Waals surface area (Å²) in [5.41, 5.74) is 5.23. The number of anilines is 1. The van der Waals surface area contributed by atoms with Crippen molar-refractivity contribution in [1.82, 2.24) is 25.1 Å². The predicted molar refractivity (Wildman–Crippen MR) is 102 cm³/mol. The Morgan fingerprint density at radius 3 is 2.65 bits per heavy atom. The van der Waals surface area contributed by atoms with Crippen molar-refractivity contribution < 1.29 is 0 Å². The lowest BCUT2D eigenvalue weighted by Gasteiger charge is -2.39. The van der Waals surface area contributed by atoms with E-state index in [1.54, 1.807) is 6.20 Å². The van der Waals surface area contributed by atoms with Crippen molar-refractivity contribution in [2.24, 2.45) is 5.41 Å². The molecule has 3 aromatic heterocycles. The smallest absolute Gasteiger partial charge is 0.202 e. The van der Waals surface area contributed by atoms with E-state index >= 15 is 0 Å². The number of hydrogen-bond acceptors (Lipinski definition) is 5. The summed E-state index contributed by atoms with van der Waals surface area (Å²) in [6, 6.07) is 1.99. The standard InChI is InChI=1S/C20H24N6/c1-14-12-21-9-4-15(14)17-18-19(25-24-17)23-16(13-22-18)26-10-7-20(8-11-26)5-2-3-6-20/h4,9,12-13H,2-3,5-8,10-11H2,1H3,(H,23,24,25). The molecule has 5 rings (SSSR count). The Morgan fingerprint density at radius 1 is 1.08 bits per heavy atom. The second-order valence-electron chi connectivity index (χ2n) is 7.88. The zero-order valence-electron chi connectivity index (χ0n) is 15.2. The molecule has 4 heterocycles. The third-order valence-electron chi connectivity index (χ3n) is 6.35. The predicted octanol–water partition coefficient (Wildman–Crippen LogP) is 3.88. The lowest BCUT2D eigenvalue weighted by molar-refractivity contribution is 0.226. The van der Waals surface area contributed by atoms with Crippen LogP contribution in [0, 0.1) is 12.3 Å². The van der Waals surface area contributed by atoms with Crippen LogP contribution < -0.4 is 4.90 Å². The molecule has 1 N–H and O–H groups in total. The average Bonchev–Trinajstić information content (AvgIpc) is 3.30. The monoisotopic (exact) mass is 348 g/mol. The van der Waals surface area contributed by atoms with Gasteiger partial charge in [-0.25, -0.2) is 9.97 Å². The number of aromatic nitrogens is 5. The first-order chi connectivity index (χ1) is 12.7. The minimum atomic E-state index is 0.617. The lowest BCUT2D eigenvalue weighted by Crippen LogP contribution is -2.39. The molecule has 1 aliphatic heterocycles. The van der Waals surface area contributed by atoms with Gasteiger partial charge in [-0.2, -0.15) is 5.10 Å². The van der Waals surface area contributed by atoms with Crippen LogP contribution in [0.15, 0.2) is 24.7 Å². The van der Waals surface area contributed by atoms with Crippen LogP contribution in [0.2, 0.25) is 0 Å². The Hall–Kier alpha value is -2.50. The first-order valence-electron chi connectivity index (χ1n) is 9.61. The topological polar surface area (TPSA) is 70.6 Å². The molecule has 1 saturated carbocycles. The Balaban J connectivity index is 1.42. The zero-order chi connectivity index (χ0) is 17.6. The Labute approximate surface area is 153 Å². The molecule has 0 unspecified atom stereocenters. The second-order valence-corrected chi connectivity index (χ2v) is 7.88. The summed E-state index contributed by atoms with van der Waals surface area (Å²) in [5.74, 6) is 0.954. The SMILES string of the molecule is Cc1cnccc1-c1[nH]nc2nc(N3CCC4(CCCC4)CC3)cnc12. The summed E-state index contributed by atoms with van der Waals surface area (Å²) < 4.78 is 0. The molecule has 1 spiro atoms. The molecule has 6 nitrogen and oxygen atoms in total. The van der Waals surface area contributed by atoms with Crippen molar-refractivity contribution in [2.45, 2.75) is 45.4 Å². The summed E-state index contributed by atoms with van der Waals surface area (Å²) in [7, 11) is 0. The first kappa shape index (κ1) is 15.7. The van der Waals surface area contributed by atoms with Crippen molar-refractivity contribution in [1.29, 1.82) is 0 Å². The van der Waals surface area contributed by atoms with Crippen molar-refractivity contribution in [3.8, 4) is 11.3 Å². The Morgan fingerprint density at radius 2 is 1.88 bits per heavy atom. The number of fused-ring (bicyclic) bond motifs is 1. The highest BCUT2D eigenvalue weighted by Crippen LogP contribution is 2.46. The van der Waals surface area contributed by atoms with Gasteiger partial charge in [0.15, 0.2) is 0 Å². The van der Waals surface area contributed by atoms with Gasteiger partial charge in [0.25, 0.3) is 0 Å². The van der Waals surface area contributed by atoms with E-state index in [0.29, 0.717) is 11.1 Å². The molecule has 0 aromatic carbocycles. The number of H-pyrrole nitrogens is 1. The van der Waals surface area contributed by atoms with Gasteiger partial charge in [0.05, 0.1) is 11.9 Å². The highest BCUT2D eigenvalue weighted by Gasteiger charge is 2.37. The highest BCUT2D eigenvalue weighted by molar-refractivity contribution is 5.88. The van der Waals surface area contributed by atoms with Crippen LogP contribution in [-0.4, -0.2) is 38.2 Å². The molecule has 134 valence electrons. The average molecular weight is 348 g/mol. The Bertz CT molecular complexity index is 930. The third kappa shape index (κ3) is 2.55. The normalized spacial score (nSPS) is 19.5. The summed E-state index contributed by atoms with van der Waals surface area (Å²) in [6.07, 6.45) is 13.8. The van der Waals surface area contributed by atoms with E-state index in [4.69, 9.17) is 9.97 Å². The third-order valence-corrected chi connectivity index (χ3v) is 6.35. The van der Waals surface area contributed by atoms with Gasteiger partial charge < -0.3 is 4.90 Å². The molecule has 0 atom stereocenters. The van der Waals surface area contributed by atoms with Crippen LogP contribution in [0.3, 0.4) is 0 Å². The van der Waals surface area contributed by atoms with Crippen molar-refractivity contribution in [2.75, 3.05) is 18.0 Å². The fourth-order valence-electron chi connectivity index (χ4n) is 4.72. The van der Waals surface area contributed by atoms with Gasteiger partial charge in [0.2, 0.25) is 5.65 Å². The van der Waals surface area contributed by atoms with Gasteiger partial charge >= 0.3 is 0 Å². The molecule has 6 heteroatoms. The number of aromatic amines is 1. The van der Waals surface area contributed by atoms with Crippen LogP contribution in [0.25, 0.3) is 22.4 Å². The first-order valence-corrected chi connectivity index (χ1v) is 9.61. The molecule has 2 aliphatic rings. The molecule has 1 aliphatic carbocycles. The molecule has 2 fully saturated rings. The molecule has 0 bridgehead atoms. The second kappa shape index (κ2) is 6.04. The fraction of sp³-hybridized carbons (Fsp3) is 0.500. The molecular weight excluding hydrogens is 324 g/mol. The number of aryl methyl sites for hydroxylation is 1. The van der Waals surface area contributed by atoms with Gasteiger partial charge in [0.1, 0.15) is 11.3 Å².